The van der Waals surface area contributed by atoms with Gasteiger partial charge in [0.2, 0.25) is 0 Å². The highest BCUT2D eigenvalue weighted by Gasteiger charge is 2.40. The fraction of sp³-hybridized carbons (Fsp3) is 0.581. The molecule has 0 bridgehead atoms. The van der Waals surface area contributed by atoms with Crippen molar-refractivity contribution in [2.75, 3.05) is 19.6 Å². The van der Waals surface area contributed by atoms with E-state index in [0.717, 1.165) is 71.0 Å². The van der Waals surface area contributed by atoms with Crippen molar-refractivity contribution in [3.63, 3.8) is 0 Å². The number of carboxylic acids is 1. The molecule has 2 N–H and O–H groups in total. The fourth-order valence-electron chi connectivity index (χ4n) is 7.22. The average Bonchev–Trinajstić information content (AvgIpc) is 3.31. The van der Waals surface area contributed by atoms with E-state index in [2.05, 4.69) is 40.5 Å². The lowest BCUT2D eigenvalue weighted by Gasteiger charge is -2.35. The van der Waals surface area contributed by atoms with Crippen LogP contribution in [0.15, 0.2) is 54.6 Å². The van der Waals surface area contributed by atoms with Gasteiger partial charge in [-0.1, -0.05) is 61.7 Å². The number of rotatable bonds is 8. The predicted molar refractivity (Wildman–Crippen MR) is 142 cm³/mol. The van der Waals surface area contributed by atoms with Crippen LogP contribution < -0.4 is 5.32 Å². The van der Waals surface area contributed by atoms with Crippen LogP contribution in [0.25, 0.3) is 0 Å². The Bertz CT molecular complexity index is 968. The standard InChI is InChI=1S/C31H41FN2O2/c32-27-13-11-22(12-14-27)23-15-17-34(18-16-23)21-26-19-28(20-29(26)24-7-3-1-4-8-24)33-30(31(35)36)25-9-5-2-6-10-25/h1,3-4,7-8,11-14,23,25-26,28-30,33H,2,5-6,9-10,15-21H2,(H,35,36). The van der Waals surface area contributed by atoms with Crippen LogP contribution in [0.1, 0.15) is 80.8 Å². The van der Waals surface area contributed by atoms with Crippen molar-refractivity contribution in [3.05, 3.63) is 71.5 Å². The molecule has 2 aromatic rings. The molecule has 1 heterocycles. The molecular weight excluding hydrogens is 451 g/mol. The Labute approximate surface area is 215 Å². The lowest BCUT2D eigenvalue weighted by atomic mass is 9.83. The summed E-state index contributed by atoms with van der Waals surface area (Å²) < 4.78 is 13.3. The molecule has 1 aliphatic heterocycles. The summed E-state index contributed by atoms with van der Waals surface area (Å²) in [7, 11) is 0. The van der Waals surface area contributed by atoms with E-state index in [9.17, 15) is 14.3 Å². The quantitative estimate of drug-likeness (QED) is 0.461. The number of aliphatic carboxylic acids is 1. The highest BCUT2D eigenvalue weighted by atomic mass is 19.1. The van der Waals surface area contributed by atoms with E-state index < -0.39 is 12.0 Å². The average molecular weight is 493 g/mol. The van der Waals surface area contributed by atoms with E-state index in [4.69, 9.17) is 0 Å². The van der Waals surface area contributed by atoms with Crippen molar-refractivity contribution < 1.29 is 14.3 Å². The summed E-state index contributed by atoms with van der Waals surface area (Å²) in [6.45, 7) is 3.20. The molecule has 2 aromatic carbocycles. The molecule has 0 spiro atoms. The van der Waals surface area contributed by atoms with E-state index in [1.54, 1.807) is 12.1 Å². The van der Waals surface area contributed by atoms with Crippen molar-refractivity contribution in [1.29, 1.82) is 0 Å². The number of halogens is 1. The monoisotopic (exact) mass is 492 g/mol. The van der Waals surface area contributed by atoms with E-state index in [1.807, 2.05) is 12.1 Å². The van der Waals surface area contributed by atoms with Crippen molar-refractivity contribution in [2.45, 2.75) is 81.7 Å². The van der Waals surface area contributed by atoms with Gasteiger partial charge in [-0.2, -0.15) is 0 Å². The van der Waals surface area contributed by atoms with Gasteiger partial charge < -0.3 is 15.3 Å². The second kappa shape index (κ2) is 11.9. The van der Waals surface area contributed by atoms with Gasteiger partial charge in [0.1, 0.15) is 11.9 Å². The molecule has 1 saturated heterocycles. The summed E-state index contributed by atoms with van der Waals surface area (Å²) in [6, 6.07) is 17.7. The molecule has 0 aromatic heterocycles. The van der Waals surface area contributed by atoms with Crippen molar-refractivity contribution in [1.82, 2.24) is 10.2 Å². The molecule has 0 radical (unpaired) electrons. The smallest absolute Gasteiger partial charge is 0.320 e. The van der Waals surface area contributed by atoms with Crippen molar-refractivity contribution in [2.24, 2.45) is 11.8 Å². The number of nitrogens with one attached hydrogen (secondary N) is 1. The Balaban J connectivity index is 1.23. The highest BCUT2D eigenvalue weighted by molar-refractivity contribution is 5.74. The van der Waals surface area contributed by atoms with Gasteiger partial charge in [-0.15, -0.1) is 0 Å². The van der Waals surface area contributed by atoms with Gasteiger partial charge in [0.05, 0.1) is 0 Å². The summed E-state index contributed by atoms with van der Waals surface area (Å²) in [6.07, 6.45) is 9.88. The Morgan fingerprint density at radius 3 is 2.28 bits per heavy atom. The third-order valence-corrected chi connectivity index (χ3v) is 9.15. The van der Waals surface area contributed by atoms with Crippen molar-refractivity contribution in [3.8, 4) is 0 Å². The van der Waals surface area contributed by atoms with Gasteiger partial charge in [-0.3, -0.25) is 4.79 Å². The van der Waals surface area contributed by atoms with Gasteiger partial charge in [0, 0.05) is 12.6 Å². The number of carboxylic acid groups (broad SMARTS) is 1. The summed E-state index contributed by atoms with van der Waals surface area (Å²) >= 11 is 0. The van der Waals surface area contributed by atoms with Gasteiger partial charge >= 0.3 is 5.97 Å². The number of hydrogen-bond acceptors (Lipinski definition) is 3. The lowest BCUT2D eigenvalue weighted by Crippen LogP contribution is -2.48. The van der Waals surface area contributed by atoms with E-state index in [0.29, 0.717) is 17.8 Å². The van der Waals surface area contributed by atoms with Gasteiger partial charge in [-0.25, -0.2) is 4.39 Å². The largest absolute Gasteiger partial charge is 0.480 e. The molecule has 2 saturated carbocycles. The van der Waals surface area contributed by atoms with Gasteiger partial charge in [0.15, 0.2) is 0 Å². The maximum Gasteiger partial charge on any atom is 0.320 e. The minimum atomic E-state index is -0.676. The first-order valence-corrected chi connectivity index (χ1v) is 14.1. The number of nitrogens with zero attached hydrogens (tertiary/aromatic N) is 1. The Morgan fingerprint density at radius 1 is 0.917 bits per heavy atom. The molecule has 0 amide bonds. The minimum Gasteiger partial charge on any atom is -0.480 e. The normalized spacial score (nSPS) is 27.2. The zero-order valence-corrected chi connectivity index (χ0v) is 21.3. The lowest BCUT2D eigenvalue weighted by molar-refractivity contribution is -0.141. The van der Waals surface area contributed by atoms with E-state index in [1.165, 1.54) is 17.5 Å². The second-order valence-corrected chi connectivity index (χ2v) is 11.5. The first-order valence-electron chi connectivity index (χ1n) is 14.1. The van der Waals surface area contributed by atoms with E-state index in [-0.39, 0.29) is 17.8 Å². The molecule has 2 aliphatic carbocycles. The molecule has 5 rings (SSSR count). The fourth-order valence-corrected chi connectivity index (χ4v) is 7.22. The Morgan fingerprint density at radius 2 is 1.61 bits per heavy atom. The number of likely N-dealkylation sites (tertiary alicyclic amines) is 1. The van der Waals surface area contributed by atoms with Crippen LogP contribution in [0, 0.1) is 17.7 Å². The minimum absolute atomic E-state index is 0.166. The summed E-state index contributed by atoms with van der Waals surface area (Å²) in [4.78, 5) is 14.8. The number of piperidine rings is 1. The molecule has 36 heavy (non-hydrogen) atoms. The zero-order valence-electron chi connectivity index (χ0n) is 21.3. The van der Waals surface area contributed by atoms with Crippen LogP contribution in [-0.2, 0) is 4.79 Å². The third kappa shape index (κ3) is 6.18. The summed E-state index contributed by atoms with van der Waals surface area (Å²) in [5.74, 6) is 0.908. The van der Waals surface area contributed by atoms with Crippen LogP contribution >= 0.6 is 0 Å². The van der Waals surface area contributed by atoms with Crippen molar-refractivity contribution >= 4 is 5.97 Å². The topological polar surface area (TPSA) is 52.6 Å². The Kier molecular flexibility index (Phi) is 8.38. The van der Waals surface area contributed by atoms with Crippen LogP contribution in [0.5, 0.6) is 0 Å². The molecule has 194 valence electrons. The van der Waals surface area contributed by atoms with Crippen LogP contribution in [-0.4, -0.2) is 47.7 Å². The Hall–Kier alpha value is -2.24. The molecule has 4 nitrogen and oxygen atoms in total. The SMILES string of the molecule is O=C(O)C(NC1CC(CN2CCC(c3ccc(F)cc3)CC2)C(c2ccccc2)C1)C1CCCCC1. The molecular formula is C31H41FN2O2. The molecule has 4 unspecified atom stereocenters. The summed E-state index contributed by atoms with van der Waals surface area (Å²) in [5.41, 5.74) is 2.64. The second-order valence-electron chi connectivity index (χ2n) is 11.5. The van der Waals surface area contributed by atoms with Gasteiger partial charge in [0.25, 0.3) is 0 Å². The molecule has 3 fully saturated rings. The zero-order chi connectivity index (χ0) is 24.9. The van der Waals surface area contributed by atoms with Crippen LogP contribution in [0.4, 0.5) is 4.39 Å². The molecule has 3 aliphatic rings. The predicted octanol–water partition coefficient (Wildman–Crippen LogP) is 6.19. The highest BCUT2D eigenvalue weighted by Crippen LogP contribution is 2.42. The van der Waals surface area contributed by atoms with Crippen LogP contribution in [0.3, 0.4) is 0 Å². The maximum atomic E-state index is 13.3. The number of benzene rings is 2. The molecule has 4 atom stereocenters. The number of carbonyl (C=O) groups is 1. The molecule has 5 heteroatoms. The first-order chi connectivity index (χ1) is 17.6. The maximum absolute atomic E-state index is 13.3. The van der Waals surface area contributed by atoms with Crippen LogP contribution in [0.2, 0.25) is 0 Å². The third-order valence-electron chi connectivity index (χ3n) is 9.15. The first kappa shape index (κ1) is 25.4. The number of hydrogen-bond donors (Lipinski definition) is 2. The summed E-state index contributed by atoms with van der Waals surface area (Å²) in [5, 5.41) is 13.7. The van der Waals surface area contributed by atoms with E-state index >= 15 is 0 Å². The van der Waals surface area contributed by atoms with Gasteiger partial charge in [-0.05, 0) is 98.5 Å².